The fourth-order valence-electron chi connectivity index (χ4n) is 2.05. The minimum Gasteiger partial charge on any atom is -0.283 e. The Morgan fingerprint density at radius 2 is 2.19 bits per heavy atom. The van der Waals surface area contributed by atoms with Crippen LogP contribution in [0, 0.1) is 0 Å². The van der Waals surface area contributed by atoms with Crippen molar-refractivity contribution in [1.82, 2.24) is 10.9 Å². The Bertz CT molecular complexity index is 337. The number of fused-ring (bicyclic) bond motifs is 1. The van der Waals surface area contributed by atoms with E-state index in [0.717, 1.165) is 18.6 Å². The molecule has 1 fully saturated rings. The summed E-state index contributed by atoms with van der Waals surface area (Å²) in [6.07, 6.45) is 8.41. The van der Waals surface area contributed by atoms with Crippen LogP contribution in [-0.2, 0) is 0 Å². The number of hydrogen-bond donors (Lipinski definition) is 2. The molecular formula is C12H20N4. The van der Waals surface area contributed by atoms with E-state index in [1.54, 1.807) is 0 Å². The third kappa shape index (κ3) is 2.84. The molecule has 88 valence electrons. The second kappa shape index (κ2) is 5.14. The summed E-state index contributed by atoms with van der Waals surface area (Å²) < 4.78 is 0. The van der Waals surface area contributed by atoms with Crippen molar-refractivity contribution in [3.63, 3.8) is 0 Å². The summed E-state index contributed by atoms with van der Waals surface area (Å²) in [5.74, 6) is 0. The van der Waals surface area contributed by atoms with E-state index in [4.69, 9.17) is 0 Å². The molecule has 16 heavy (non-hydrogen) atoms. The van der Waals surface area contributed by atoms with Gasteiger partial charge in [0.05, 0.1) is 5.71 Å². The molecule has 0 aromatic carbocycles. The molecule has 1 unspecified atom stereocenters. The quantitative estimate of drug-likeness (QED) is 0.553. The zero-order valence-corrected chi connectivity index (χ0v) is 10.1. The lowest BCUT2D eigenvalue weighted by atomic mass is 10.0. The van der Waals surface area contributed by atoms with Crippen LogP contribution in [0.5, 0.6) is 0 Å². The minimum atomic E-state index is 0.0479. The first-order valence-electron chi connectivity index (χ1n) is 6.05. The van der Waals surface area contributed by atoms with E-state index in [-0.39, 0.29) is 6.17 Å². The lowest BCUT2D eigenvalue weighted by Crippen LogP contribution is -2.39. The monoisotopic (exact) mass is 220 g/mol. The first kappa shape index (κ1) is 11.2. The van der Waals surface area contributed by atoms with Gasteiger partial charge in [-0.15, -0.1) is 0 Å². The first-order valence-corrected chi connectivity index (χ1v) is 6.05. The maximum atomic E-state index is 4.44. The number of hydrazone groups is 2. The molecule has 1 saturated carbocycles. The molecule has 0 aromatic heterocycles. The van der Waals surface area contributed by atoms with Crippen LogP contribution < -0.4 is 10.9 Å². The van der Waals surface area contributed by atoms with Crippen molar-refractivity contribution in [3.05, 3.63) is 11.6 Å². The van der Waals surface area contributed by atoms with E-state index in [2.05, 4.69) is 27.1 Å². The standard InChI is InChI=1S/C12H20N4/c1-9(2)13-15-12-8-10-6-4-3-5-7-11(10)14-16-12/h8,12,15-16H,3-7H2,1-2H3. The highest BCUT2D eigenvalue weighted by Crippen LogP contribution is 2.22. The molecule has 4 nitrogen and oxygen atoms in total. The molecule has 2 aliphatic rings. The Morgan fingerprint density at radius 1 is 1.38 bits per heavy atom. The predicted octanol–water partition coefficient (Wildman–Crippen LogP) is 2.15. The topological polar surface area (TPSA) is 48.8 Å². The van der Waals surface area contributed by atoms with Crippen molar-refractivity contribution in [2.24, 2.45) is 10.2 Å². The Morgan fingerprint density at radius 3 is 3.00 bits per heavy atom. The van der Waals surface area contributed by atoms with Gasteiger partial charge in [0.25, 0.3) is 0 Å². The summed E-state index contributed by atoms with van der Waals surface area (Å²) in [4.78, 5) is 0. The predicted molar refractivity (Wildman–Crippen MR) is 67.4 cm³/mol. The van der Waals surface area contributed by atoms with Gasteiger partial charge in [-0.1, -0.05) is 6.42 Å². The molecule has 0 aromatic rings. The largest absolute Gasteiger partial charge is 0.283 e. The molecule has 1 atom stereocenters. The highest BCUT2D eigenvalue weighted by molar-refractivity contribution is 6.00. The summed E-state index contributed by atoms with van der Waals surface area (Å²) in [5.41, 5.74) is 9.83. The average Bonchev–Trinajstić information content (AvgIpc) is 2.50. The van der Waals surface area contributed by atoms with Crippen molar-refractivity contribution < 1.29 is 0 Å². The lowest BCUT2D eigenvalue weighted by Gasteiger charge is -2.21. The van der Waals surface area contributed by atoms with Crippen molar-refractivity contribution in [2.75, 3.05) is 0 Å². The maximum absolute atomic E-state index is 4.44. The number of hydrogen-bond acceptors (Lipinski definition) is 4. The molecule has 0 radical (unpaired) electrons. The van der Waals surface area contributed by atoms with Crippen molar-refractivity contribution in [2.45, 2.75) is 52.1 Å². The van der Waals surface area contributed by atoms with E-state index < -0.39 is 0 Å². The van der Waals surface area contributed by atoms with Gasteiger partial charge in [0.2, 0.25) is 0 Å². The number of rotatable bonds is 2. The molecule has 1 aliphatic heterocycles. The van der Waals surface area contributed by atoms with Gasteiger partial charge in [-0.3, -0.25) is 10.9 Å². The van der Waals surface area contributed by atoms with Gasteiger partial charge < -0.3 is 0 Å². The van der Waals surface area contributed by atoms with Crippen LogP contribution in [0.25, 0.3) is 0 Å². The van der Waals surface area contributed by atoms with Crippen LogP contribution in [0.3, 0.4) is 0 Å². The molecule has 1 aliphatic carbocycles. The van der Waals surface area contributed by atoms with Gasteiger partial charge >= 0.3 is 0 Å². The van der Waals surface area contributed by atoms with Crippen LogP contribution in [0.4, 0.5) is 0 Å². The summed E-state index contributed by atoms with van der Waals surface area (Å²) in [5, 5.41) is 8.64. The molecule has 0 spiro atoms. The summed E-state index contributed by atoms with van der Waals surface area (Å²) in [7, 11) is 0. The highest BCUT2D eigenvalue weighted by atomic mass is 15.5. The van der Waals surface area contributed by atoms with E-state index in [1.807, 2.05) is 13.8 Å². The van der Waals surface area contributed by atoms with Crippen LogP contribution >= 0.6 is 0 Å². The first-order chi connectivity index (χ1) is 7.75. The lowest BCUT2D eigenvalue weighted by molar-refractivity contribution is 0.515. The third-order valence-corrected chi connectivity index (χ3v) is 2.86. The second-order valence-corrected chi connectivity index (χ2v) is 4.61. The van der Waals surface area contributed by atoms with Crippen molar-refractivity contribution in [1.29, 1.82) is 0 Å². The molecular weight excluding hydrogens is 200 g/mol. The average molecular weight is 220 g/mol. The molecule has 2 N–H and O–H groups in total. The van der Waals surface area contributed by atoms with Gasteiger partial charge in [0.1, 0.15) is 6.17 Å². The van der Waals surface area contributed by atoms with Gasteiger partial charge in [0, 0.05) is 5.71 Å². The van der Waals surface area contributed by atoms with Crippen molar-refractivity contribution >= 4 is 11.4 Å². The normalized spacial score (nSPS) is 24.2. The van der Waals surface area contributed by atoms with Crippen LogP contribution in [0.15, 0.2) is 21.9 Å². The smallest absolute Gasteiger partial charge is 0.148 e. The van der Waals surface area contributed by atoms with Crippen LogP contribution in [-0.4, -0.2) is 17.6 Å². The number of allylic oxidation sites excluding steroid dienone is 1. The molecule has 4 heteroatoms. The van der Waals surface area contributed by atoms with Crippen molar-refractivity contribution in [3.8, 4) is 0 Å². The molecule has 0 amide bonds. The Labute approximate surface area is 96.9 Å². The zero-order valence-electron chi connectivity index (χ0n) is 10.1. The second-order valence-electron chi connectivity index (χ2n) is 4.61. The van der Waals surface area contributed by atoms with E-state index in [9.17, 15) is 0 Å². The molecule has 0 bridgehead atoms. The summed E-state index contributed by atoms with van der Waals surface area (Å²) >= 11 is 0. The molecule has 0 saturated heterocycles. The Hall–Kier alpha value is -1.32. The number of nitrogens with one attached hydrogen (secondary N) is 2. The SMILES string of the molecule is CC(C)=NNC1C=C2CCCCCC2=NN1. The van der Waals surface area contributed by atoms with Crippen LogP contribution in [0.1, 0.15) is 46.0 Å². The highest BCUT2D eigenvalue weighted by Gasteiger charge is 2.17. The van der Waals surface area contributed by atoms with Gasteiger partial charge in [0.15, 0.2) is 0 Å². The van der Waals surface area contributed by atoms with E-state index >= 15 is 0 Å². The minimum absolute atomic E-state index is 0.0479. The van der Waals surface area contributed by atoms with Crippen LogP contribution in [0.2, 0.25) is 0 Å². The Balaban J connectivity index is 2.02. The number of nitrogens with zero attached hydrogens (tertiary/aromatic N) is 2. The van der Waals surface area contributed by atoms with Gasteiger partial charge in [-0.25, -0.2) is 0 Å². The summed E-state index contributed by atoms with van der Waals surface area (Å²) in [6.45, 7) is 3.95. The Kier molecular flexibility index (Phi) is 3.59. The third-order valence-electron chi connectivity index (χ3n) is 2.86. The molecule has 2 rings (SSSR count). The zero-order chi connectivity index (χ0) is 11.4. The molecule has 1 heterocycles. The van der Waals surface area contributed by atoms with Gasteiger partial charge in [-0.2, -0.15) is 10.2 Å². The fourth-order valence-corrected chi connectivity index (χ4v) is 2.05. The summed E-state index contributed by atoms with van der Waals surface area (Å²) in [6, 6.07) is 0. The van der Waals surface area contributed by atoms with E-state index in [1.165, 1.54) is 30.5 Å². The fraction of sp³-hybridized carbons (Fsp3) is 0.667. The van der Waals surface area contributed by atoms with E-state index in [0.29, 0.717) is 0 Å². The maximum Gasteiger partial charge on any atom is 0.148 e. The van der Waals surface area contributed by atoms with Gasteiger partial charge in [-0.05, 0) is 51.2 Å².